The summed E-state index contributed by atoms with van der Waals surface area (Å²) in [7, 11) is 0. The summed E-state index contributed by atoms with van der Waals surface area (Å²) in [5.74, 6) is -1.64. The van der Waals surface area contributed by atoms with Crippen LogP contribution < -0.4 is 9.80 Å². The summed E-state index contributed by atoms with van der Waals surface area (Å²) >= 11 is 0. The Balaban J connectivity index is 1.66. The second-order valence-electron chi connectivity index (χ2n) is 9.93. The first-order valence-electron chi connectivity index (χ1n) is 10.8. The highest BCUT2D eigenvalue weighted by Crippen LogP contribution is 2.45. The molecule has 0 aromatic heterocycles. The van der Waals surface area contributed by atoms with Gasteiger partial charge in [0, 0.05) is 11.0 Å². The molecule has 0 radical (unpaired) electrons. The van der Waals surface area contributed by atoms with Gasteiger partial charge in [-0.25, -0.2) is 4.90 Å². The predicted molar refractivity (Wildman–Crippen MR) is 118 cm³/mol. The molecule has 158 valence electrons. The number of rotatable bonds is 2. The van der Waals surface area contributed by atoms with Crippen molar-refractivity contribution in [3.63, 3.8) is 0 Å². The van der Waals surface area contributed by atoms with Crippen molar-refractivity contribution in [1.82, 2.24) is 0 Å². The summed E-state index contributed by atoms with van der Waals surface area (Å²) < 4.78 is 0. The van der Waals surface area contributed by atoms with Crippen molar-refractivity contribution in [2.45, 2.75) is 39.8 Å². The lowest BCUT2D eigenvalue weighted by Gasteiger charge is -2.32. The van der Waals surface area contributed by atoms with Crippen LogP contribution in [0.3, 0.4) is 0 Å². The molecule has 5 atom stereocenters. The highest BCUT2D eigenvalue weighted by molar-refractivity contribution is 6.23. The van der Waals surface area contributed by atoms with E-state index in [1.807, 2.05) is 88.5 Å². The minimum absolute atomic E-state index is 0.0240. The number of fused-ring (bicyclic) bond motifs is 5. The minimum atomic E-state index is -0.656. The summed E-state index contributed by atoms with van der Waals surface area (Å²) in [6.07, 6.45) is 3.99. The lowest BCUT2D eigenvalue weighted by Crippen LogP contribution is -3.12. The monoisotopic (exact) mass is 415 g/mol. The molecule has 2 aromatic carbocycles. The Hall–Kier alpha value is -3.05. The van der Waals surface area contributed by atoms with Crippen molar-refractivity contribution >= 4 is 29.4 Å². The number of hydrogen-bond donors (Lipinski definition) is 1. The van der Waals surface area contributed by atoms with E-state index in [0.29, 0.717) is 5.69 Å². The number of carbonyl (C=O) groups is 3. The van der Waals surface area contributed by atoms with Crippen molar-refractivity contribution in [2.75, 3.05) is 4.90 Å². The van der Waals surface area contributed by atoms with Crippen LogP contribution in [0.1, 0.15) is 43.5 Å². The molecule has 5 rings (SSSR count). The number of hydrogen-bond acceptors (Lipinski definition) is 3. The molecule has 0 aliphatic carbocycles. The molecule has 5 nitrogen and oxygen atoms in total. The van der Waals surface area contributed by atoms with E-state index in [4.69, 9.17) is 0 Å². The summed E-state index contributed by atoms with van der Waals surface area (Å²) in [5, 5.41) is 0. The molecule has 2 saturated heterocycles. The van der Waals surface area contributed by atoms with Crippen molar-refractivity contribution in [3.8, 4) is 0 Å². The van der Waals surface area contributed by atoms with Gasteiger partial charge >= 0.3 is 0 Å². The van der Waals surface area contributed by atoms with Gasteiger partial charge in [-0.05, 0) is 30.7 Å². The summed E-state index contributed by atoms with van der Waals surface area (Å²) in [6, 6.07) is 14.6. The molecule has 1 unspecified atom stereocenters. The number of quaternary nitrogens is 1. The first-order valence-corrected chi connectivity index (χ1v) is 10.8. The average Bonchev–Trinajstić information content (AvgIpc) is 3.20. The normalized spacial score (nSPS) is 29.0. The summed E-state index contributed by atoms with van der Waals surface area (Å²) in [4.78, 5) is 43.2. The zero-order valence-corrected chi connectivity index (χ0v) is 18.3. The molecule has 2 fully saturated rings. The Kier molecular flexibility index (Phi) is 4.31. The van der Waals surface area contributed by atoms with E-state index in [-0.39, 0.29) is 23.6 Å². The van der Waals surface area contributed by atoms with Gasteiger partial charge in [-0.15, -0.1) is 0 Å². The largest absolute Gasteiger partial charge is 0.292 e. The highest BCUT2D eigenvalue weighted by Gasteiger charge is 2.68. The number of benzene rings is 2. The number of aryl methyl sites for hydroxylation is 1. The van der Waals surface area contributed by atoms with Gasteiger partial charge < -0.3 is 0 Å². The molecule has 3 aliphatic rings. The maximum atomic E-state index is 13.7. The lowest BCUT2D eigenvalue weighted by molar-refractivity contribution is -0.885. The van der Waals surface area contributed by atoms with Crippen LogP contribution in [-0.2, 0) is 14.4 Å². The second-order valence-corrected chi connectivity index (χ2v) is 9.93. The summed E-state index contributed by atoms with van der Waals surface area (Å²) in [6.45, 7) is 7.63. The first-order chi connectivity index (χ1) is 14.7. The van der Waals surface area contributed by atoms with E-state index in [0.717, 1.165) is 21.6 Å². The Bertz CT molecular complexity index is 1130. The molecule has 5 heteroatoms. The standard InChI is InChI=1S/C26H26N2O3/c1-15-9-11-17(12-10-15)28-24(30)19-20(25(28)31)22(23(29)26(2,3)4)27-14-13-16-7-5-6-8-18(16)21(19)27/h5-14,19-22H,1-4H3/p+1/t19-,20+,21+,22-/m0/s1. The van der Waals surface area contributed by atoms with Gasteiger partial charge in [0.2, 0.25) is 11.8 Å². The number of carbonyl (C=O) groups excluding carboxylic acids is 3. The first kappa shape index (κ1) is 19.9. The molecular formula is C26H27N2O3+. The molecule has 3 heterocycles. The number of anilines is 1. The smallest absolute Gasteiger partial charge is 0.244 e. The van der Waals surface area contributed by atoms with E-state index in [1.54, 1.807) is 0 Å². The van der Waals surface area contributed by atoms with Gasteiger partial charge in [0.05, 0.1) is 11.9 Å². The van der Waals surface area contributed by atoms with Crippen LogP contribution in [0.5, 0.6) is 0 Å². The van der Waals surface area contributed by atoms with Gasteiger partial charge in [0.15, 0.2) is 11.8 Å². The van der Waals surface area contributed by atoms with Gasteiger partial charge in [0.1, 0.15) is 17.9 Å². The molecule has 2 amide bonds. The molecule has 1 N–H and O–H groups in total. The van der Waals surface area contributed by atoms with Crippen LogP contribution in [0.15, 0.2) is 54.7 Å². The lowest BCUT2D eigenvalue weighted by atomic mass is 9.79. The SMILES string of the molecule is Cc1ccc(N2C(=O)[C@@H]3[C@H](C2=O)[C@H]2c4ccccc4C=C[NH+]2[C@@H]3C(=O)C(C)(C)C)cc1. The molecule has 31 heavy (non-hydrogen) atoms. The Morgan fingerprint density at radius 1 is 0.935 bits per heavy atom. The van der Waals surface area contributed by atoms with Gasteiger partial charge in [-0.1, -0.05) is 62.7 Å². The fourth-order valence-corrected chi connectivity index (χ4v) is 5.46. The maximum absolute atomic E-state index is 13.7. The van der Waals surface area contributed by atoms with E-state index < -0.39 is 23.3 Å². The number of Topliss-reactive ketones (excluding diaryl/α,β-unsaturated/α-hetero) is 1. The van der Waals surface area contributed by atoms with Gasteiger partial charge in [-0.2, -0.15) is 0 Å². The second kappa shape index (κ2) is 6.72. The quantitative estimate of drug-likeness (QED) is 0.768. The molecule has 0 spiro atoms. The van der Waals surface area contributed by atoms with Crippen molar-refractivity contribution in [3.05, 3.63) is 71.4 Å². The molecule has 0 saturated carbocycles. The zero-order valence-electron chi connectivity index (χ0n) is 18.3. The van der Waals surface area contributed by atoms with Crippen molar-refractivity contribution < 1.29 is 19.3 Å². The van der Waals surface area contributed by atoms with Crippen molar-refractivity contribution in [2.24, 2.45) is 17.3 Å². The molecule has 3 aliphatic heterocycles. The van der Waals surface area contributed by atoms with Crippen LogP contribution >= 0.6 is 0 Å². The number of nitrogens with one attached hydrogen (secondary N) is 1. The van der Waals surface area contributed by atoms with Crippen molar-refractivity contribution in [1.29, 1.82) is 0 Å². The molecular weight excluding hydrogens is 388 g/mol. The molecule has 0 bridgehead atoms. The Labute approximate surface area is 182 Å². The van der Waals surface area contributed by atoms with E-state index in [1.165, 1.54) is 4.90 Å². The third-order valence-corrected chi connectivity index (χ3v) is 6.93. The fourth-order valence-electron chi connectivity index (χ4n) is 5.46. The maximum Gasteiger partial charge on any atom is 0.244 e. The van der Waals surface area contributed by atoms with E-state index >= 15 is 0 Å². The molecule has 2 aromatic rings. The van der Waals surface area contributed by atoms with E-state index in [9.17, 15) is 14.4 Å². The van der Waals surface area contributed by atoms with Crippen LogP contribution in [0, 0.1) is 24.2 Å². The zero-order chi connectivity index (χ0) is 22.1. The number of nitrogens with zero attached hydrogens (tertiary/aromatic N) is 1. The van der Waals surface area contributed by atoms with Crippen LogP contribution in [0.2, 0.25) is 0 Å². The van der Waals surface area contributed by atoms with Crippen LogP contribution in [0.25, 0.3) is 6.08 Å². The van der Waals surface area contributed by atoms with E-state index in [2.05, 4.69) is 0 Å². The third kappa shape index (κ3) is 2.83. The number of ketones is 1. The Morgan fingerprint density at radius 3 is 2.26 bits per heavy atom. The van der Waals surface area contributed by atoms with Crippen LogP contribution in [0.4, 0.5) is 5.69 Å². The fraction of sp³-hybridized carbons (Fsp3) is 0.346. The average molecular weight is 416 g/mol. The topological polar surface area (TPSA) is 58.9 Å². The minimum Gasteiger partial charge on any atom is -0.292 e. The number of imide groups is 1. The number of amides is 2. The Morgan fingerprint density at radius 2 is 1.58 bits per heavy atom. The highest BCUT2D eigenvalue weighted by atomic mass is 16.2. The summed E-state index contributed by atoms with van der Waals surface area (Å²) in [5.41, 5.74) is 3.12. The third-order valence-electron chi connectivity index (χ3n) is 6.93. The predicted octanol–water partition coefficient (Wildman–Crippen LogP) is 2.71. The van der Waals surface area contributed by atoms with Gasteiger partial charge in [0.25, 0.3) is 0 Å². The van der Waals surface area contributed by atoms with Gasteiger partial charge in [-0.3, -0.25) is 19.3 Å². The van der Waals surface area contributed by atoms with Crippen LogP contribution in [-0.4, -0.2) is 23.6 Å².